The minimum absolute atomic E-state index is 0.00899. The van der Waals surface area contributed by atoms with Crippen molar-refractivity contribution in [1.29, 1.82) is 0 Å². The Morgan fingerprint density at radius 1 is 1.65 bits per heavy atom. The summed E-state index contributed by atoms with van der Waals surface area (Å²) < 4.78 is 0. The molecule has 0 saturated heterocycles. The summed E-state index contributed by atoms with van der Waals surface area (Å²) in [6.07, 6.45) is 4.53. The first kappa shape index (κ1) is 13.8. The zero-order valence-electron chi connectivity index (χ0n) is 9.75. The molecular formula is C11H16N2O3S. The van der Waals surface area contributed by atoms with Crippen LogP contribution in [0.25, 0.3) is 0 Å². The van der Waals surface area contributed by atoms with Crippen LogP contribution in [-0.4, -0.2) is 45.3 Å². The zero-order chi connectivity index (χ0) is 12.8. The Hall–Kier alpha value is -1.27. The number of pyridine rings is 1. The lowest BCUT2D eigenvalue weighted by molar-refractivity contribution is 0.0933. The molecule has 3 N–H and O–H groups in total. The van der Waals surface area contributed by atoms with Gasteiger partial charge in [-0.3, -0.25) is 9.78 Å². The van der Waals surface area contributed by atoms with Gasteiger partial charge in [-0.1, -0.05) is 0 Å². The lowest BCUT2D eigenvalue weighted by Gasteiger charge is -2.21. The number of nitrogens with zero attached hydrogens (tertiary/aromatic N) is 1. The van der Waals surface area contributed by atoms with Gasteiger partial charge in [0.05, 0.1) is 18.4 Å². The zero-order valence-corrected chi connectivity index (χ0v) is 10.6. The van der Waals surface area contributed by atoms with Crippen LogP contribution in [0.15, 0.2) is 18.5 Å². The molecule has 0 spiro atoms. The van der Waals surface area contributed by atoms with Crippen molar-refractivity contribution in [2.75, 3.05) is 12.9 Å². The van der Waals surface area contributed by atoms with Gasteiger partial charge in [0.2, 0.25) is 0 Å². The Labute approximate surface area is 104 Å². The lowest BCUT2D eigenvalue weighted by atomic mass is 10.2. The summed E-state index contributed by atoms with van der Waals surface area (Å²) in [5.74, 6) is -0.521. The highest BCUT2D eigenvalue weighted by atomic mass is 32.2. The smallest absolute Gasteiger partial charge is 0.255 e. The maximum atomic E-state index is 11.8. The van der Waals surface area contributed by atoms with Crippen molar-refractivity contribution >= 4 is 17.7 Å². The second kappa shape index (κ2) is 6.46. The molecule has 2 unspecified atom stereocenters. The Morgan fingerprint density at radius 3 is 2.88 bits per heavy atom. The second-order valence-corrected chi connectivity index (χ2v) is 4.69. The van der Waals surface area contributed by atoms with E-state index in [0.717, 1.165) is 0 Å². The number of carbonyl (C=O) groups is 1. The number of carbonyl (C=O) groups excluding carboxylic acids is 1. The fraction of sp³-hybridized carbons (Fsp3) is 0.455. The number of hydrogen-bond donors (Lipinski definition) is 3. The number of aromatic nitrogens is 1. The number of amides is 1. The van der Waals surface area contributed by atoms with Gasteiger partial charge in [-0.15, -0.1) is 0 Å². The first-order valence-corrected chi connectivity index (χ1v) is 6.46. The van der Waals surface area contributed by atoms with Crippen molar-refractivity contribution in [2.24, 2.45) is 0 Å². The molecule has 0 fully saturated rings. The van der Waals surface area contributed by atoms with Crippen LogP contribution in [0.5, 0.6) is 5.75 Å². The molecule has 1 rings (SSSR count). The van der Waals surface area contributed by atoms with Crippen molar-refractivity contribution in [3.8, 4) is 5.75 Å². The average molecular weight is 256 g/mol. The topological polar surface area (TPSA) is 82.5 Å². The third-order valence-electron chi connectivity index (χ3n) is 2.44. The Kier molecular flexibility index (Phi) is 5.24. The Morgan fingerprint density at radius 2 is 2.35 bits per heavy atom. The molecule has 1 heterocycles. The van der Waals surface area contributed by atoms with Crippen LogP contribution in [0.2, 0.25) is 0 Å². The quantitative estimate of drug-likeness (QED) is 0.720. The van der Waals surface area contributed by atoms with E-state index in [9.17, 15) is 9.90 Å². The highest BCUT2D eigenvalue weighted by Crippen LogP contribution is 2.15. The van der Waals surface area contributed by atoms with Crippen LogP contribution in [0.1, 0.15) is 17.3 Å². The SMILES string of the molecule is CSC(CO)C(C)NC(=O)c1ccncc1O. The normalized spacial score (nSPS) is 14.1. The Bertz CT molecular complexity index is 383. The van der Waals surface area contributed by atoms with Crippen LogP contribution >= 0.6 is 11.8 Å². The van der Waals surface area contributed by atoms with Crippen molar-refractivity contribution < 1.29 is 15.0 Å². The molecule has 0 aliphatic heterocycles. The molecule has 0 aromatic carbocycles. The summed E-state index contributed by atoms with van der Waals surface area (Å²) in [4.78, 5) is 15.5. The number of thioether (sulfide) groups is 1. The minimum Gasteiger partial charge on any atom is -0.505 e. The lowest BCUT2D eigenvalue weighted by Crippen LogP contribution is -2.41. The number of nitrogens with one attached hydrogen (secondary N) is 1. The molecule has 1 amide bonds. The van der Waals surface area contributed by atoms with E-state index in [1.54, 1.807) is 0 Å². The van der Waals surface area contributed by atoms with Crippen LogP contribution < -0.4 is 5.32 Å². The van der Waals surface area contributed by atoms with E-state index < -0.39 is 0 Å². The van der Waals surface area contributed by atoms with Gasteiger partial charge >= 0.3 is 0 Å². The van der Waals surface area contributed by atoms with Crippen LogP contribution in [0.4, 0.5) is 0 Å². The van der Waals surface area contributed by atoms with Crippen LogP contribution in [0, 0.1) is 0 Å². The summed E-state index contributed by atoms with van der Waals surface area (Å²) in [7, 11) is 0. The monoisotopic (exact) mass is 256 g/mol. The fourth-order valence-electron chi connectivity index (χ4n) is 1.39. The summed E-state index contributed by atoms with van der Waals surface area (Å²) in [6.45, 7) is 1.80. The number of aliphatic hydroxyl groups is 1. The predicted octanol–water partition coefficient (Wildman–Crippen LogP) is 0.629. The molecule has 2 atom stereocenters. The van der Waals surface area contributed by atoms with E-state index in [-0.39, 0.29) is 35.1 Å². The minimum atomic E-state index is -0.370. The highest BCUT2D eigenvalue weighted by molar-refractivity contribution is 7.99. The molecule has 0 saturated carbocycles. The van der Waals surface area contributed by atoms with Crippen molar-refractivity contribution in [1.82, 2.24) is 10.3 Å². The highest BCUT2D eigenvalue weighted by Gasteiger charge is 2.19. The first-order chi connectivity index (χ1) is 8.10. The number of hydrogen-bond acceptors (Lipinski definition) is 5. The van der Waals surface area contributed by atoms with Crippen molar-refractivity contribution in [2.45, 2.75) is 18.2 Å². The van der Waals surface area contributed by atoms with E-state index in [1.807, 2.05) is 13.2 Å². The fourth-order valence-corrected chi connectivity index (χ4v) is 2.02. The van der Waals surface area contributed by atoms with E-state index in [2.05, 4.69) is 10.3 Å². The van der Waals surface area contributed by atoms with Gasteiger partial charge < -0.3 is 15.5 Å². The number of rotatable bonds is 5. The van der Waals surface area contributed by atoms with Gasteiger partial charge in [-0.2, -0.15) is 11.8 Å². The van der Waals surface area contributed by atoms with E-state index >= 15 is 0 Å². The largest absolute Gasteiger partial charge is 0.505 e. The third kappa shape index (κ3) is 3.61. The summed E-state index contributed by atoms with van der Waals surface area (Å²) in [5.41, 5.74) is 0.185. The van der Waals surface area contributed by atoms with Gasteiger partial charge in [0.15, 0.2) is 0 Å². The van der Waals surface area contributed by atoms with Gasteiger partial charge in [0, 0.05) is 17.5 Å². The molecule has 6 heteroatoms. The molecule has 0 bridgehead atoms. The maximum absolute atomic E-state index is 11.8. The molecule has 17 heavy (non-hydrogen) atoms. The number of aliphatic hydroxyl groups excluding tert-OH is 1. The average Bonchev–Trinajstić information content (AvgIpc) is 2.31. The summed E-state index contributed by atoms with van der Waals surface area (Å²) in [6, 6.07) is 1.26. The Balaban J connectivity index is 2.70. The summed E-state index contributed by atoms with van der Waals surface area (Å²) in [5, 5.41) is 21.2. The van der Waals surface area contributed by atoms with Gasteiger partial charge in [-0.05, 0) is 19.2 Å². The van der Waals surface area contributed by atoms with Crippen LogP contribution in [0.3, 0.4) is 0 Å². The third-order valence-corrected chi connectivity index (χ3v) is 3.61. The molecule has 0 aliphatic carbocycles. The summed E-state index contributed by atoms with van der Waals surface area (Å²) >= 11 is 1.48. The van der Waals surface area contributed by atoms with E-state index in [1.165, 1.54) is 30.2 Å². The first-order valence-electron chi connectivity index (χ1n) is 5.17. The molecule has 1 aromatic rings. The van der Waals surface area contributed by atoms with Gasteiger partial charge in [0.25, 0.3) is 5.91 Å². The predicted molar refractivity (Wildman–Crippen MR) is 67.2 cm³/mol. The van der Waals surface area contributed by atoms with E-state index in [0.29, 0.717) is 0 Å². The van der Waals surface area contributed by atoms with E-state index in [4.69, 9.17) is 5.11 Å². The molecular weight excluding hydrogens is 240 g/mol. The van der Waals surface area contributed by atoms with Crippen LogP contribution in [-0.2, 0) is 0 Å². The maximum Gasteiger partial charge on any atom is 0.255 e. The molecule has 1 aromatic heterocycles. The molecule has 94 valence electrons. The standard InChI is InChI=1S/C11H16N2O3S/c1-7(10(6-14)17-2)13-11(16)8-3-4-12-5-9(8)15/h3-5,7,10,14-15H,6H2,1-2H3,(H,13,16). The van der Waals surface area contributed by atoms with Crippen molar-refractivity contribution in [3.05, 3.63) is 24.0 Å². The van der Waals surface area contributed by atoms with Gasteiger partial charge in [0.1, 0.15) is 5.75 Å². The molecule has 5 nitrogen and oxygen atoms in total. The molecule has 0 radical (unpaired) electrons. The van der Waals surface area contributed by atoms with Gasteiger partial charge in [-0.25, -0.2) is 0 Å². The molecule has 0 aliphatic rings. The number of aromatic hydroxyl groups is 1. The van der Waals surface area contributed by atoms with Crippen molar-refractivity contribution in [3.63, 3.8) is 0 Å². The second-order valence-electron chi connectivity index (χ2n) is 3.61.